The number of Topliss-reactive ketones (excluding diaryl/α,β-unsaturated/α-hetero) is 1. The van der Waals surface area contributed by atoms with Crippen LogP contribution in [0.3, 0.4) is 0 Å². The van der Waals surface area contributed by atoms with Gasteiger partial charge in [-0.3, -0.25) is 9.59 Å². The number of nitrogens with one attached hydrogen (secondary N) is 1. The lowest BCUT2D eigenvalue weighted by Crippen LogP contribution is -2.31. The average Bonchev–Trinajstić information content (AvgIpc) is 3.48. The van der Waals surface area contributed by atoms with E-state index in [2.05, 4.69) is 4.98 Å². The molecule has 2 N–H and O–H groups in total. The van der Waals surface area contributed by atoms with Gasteiger partial charge in [0, 0.05) is 34.8 Å². The highest BCUT2D eigenvalue weighted by atomic mass is 19.1. The second kappa shape index (κ2) is 10.5. The van der Waals surface area contributed by atoms with Crippen molar-refractivity contribution in [2.24, 2.45) is 0 Å². The maximum absolute atomic E-state index is 13.6. The first kappa shape index (κ1) is 25.8. The van der Waals surface area contributed by atoms with Gasteiger partial charge in [0.25, 0.3) is 11.7 Å². The Morgan fingerprint density at radius 1 is 0.949 bits per heavy atom. The molecule has 1 aromatic heterocycles. The third-order valence-electron chi connectivity index (χ3n) is 6.99. The minimum atomic E-state index is -0.972. The van der Waals surface area contributed by atoms with Gasteiger partial charge in [-0.2, -0.15) is 0 Å². The van der Waals surface area contributed by atoms with Crippen molar-refractivity contribution < 1.29 is 33.3 Å². The van der Waals surface area contributed by atoms with E-state index in [0.29, 0.717) is 29.2 Å². The van der Waals surface area contributed by atoms with E-state index in [-0.39, 0.29) is 17.7 Å². The van der Waals surface area contributed by atoms with E-state index in [4.69, 9.17) is 14.2 Å². The van der Waals surface area contributed by atoms with Crippen LogP contribution in [0.4, 0.5) is 4.39 Å². The molecule has 9 heteroatoms. The molecule has 1 atom stereocenters. The number of benzene rings is 3. The highest BCUT2D eigenvalue weighted by molar-refractivity contribution is 6.46. The standard InChI is InChI=1S/C30H27FN2O6/c1-37-20-8-10-24-22(14-20)18(16-32-24)12-13-33-27(23-15-21(38-2)9-11-25(23)39-3)26(29(35)30(33)36)28(34)17-4-6-19(31)7-5-17/h4-11,14-16,27,32,34H,12-13H2,1-3H3/t27-/m1/s1. The van der Waals surface area contributed by atoms with Gasteiger partial charge in [-0.15, -0.1) is 0 Å². The highest BCUT2D eigenvalue weighted by Gasteiger charge is 2.47. The number of ether oxygens (including phenoxy) is 3. The van der Waals surface area contributed by atoms with E-state index in [1.165, 1.54) is 43.4 Å². The molecular weight excluding hydrogens is 503 g/mol. The van der Waals surface area contributed by atoms with Crippen LogP contribution in [0.1, 0.15) is 22.7 Å². The second-order valence-electron chi connectivity index (χ2n) is 9.08. The quantitative estimate of drug-likeness (QED) is 0.189. The summed E-state index contributed by atoms with van der Waals surface area (Å²) in [6, 6.07) is 14.8. The predicted octanol–water partition coefficient (Wildman–Crippen LogP) is 5.00. The molecule has 0 unspecified atom stereocenters. The van der Waals surface area contributed by atoms with Crippen LogP contribution in [0, 0.1) is 5.82 Å². The number of rotatable bonds is 8. The number of aliphatic hydroxyl groups is 1. The minimum Gasteiger partial charge on any atom is -0.507 e. The summed E-state index contributed by atoms with van der Waals surface area (Å²) in [6.07, 6.45) is 2.28. The fourth-order valence-corrected chi connectivity index (χ4v) is 4.98. The van der Waals surface area contributed by atoms with Gasteiger partial charge in [0.05, 0.1) is 32.9 Å². The van der Waals surface area contributed by atoms with Crippen molar-refractivity contribution in [1.82, 2.24) is 9.88 Å². The highest BCUT2D eigenvalue weighted by Crippen LogP contribution is 2.44. The van der Waals surface area contributed by atoms with Crippen molar-refractivity contribution >= 4 is 28.4 Å². The molecule has 0 bridgehead atoms. The molecule has 1 aliphatic heterocycles. The molecule has 1 fully saturated rings. The lowest BCUT2D eigenvalue weighted by Gasteiger charge is -2.27. The van der Waals surface area contributed by atoms with Crippen molar-refractivity contribution in [2.75, 3.05) is 27.9 Å². The second-order valence-corrected chi connectivity index (χ2v) is 9.08. The van der Waals surface area contributed by atoms with Gasteiger partial charge in [0.15, 0.2) is 0 Å². The zero-order chi connectivity index (χ0) is 27.7. The number of halogens is 1. The van der Waals surface area contributed by atoms with Crippen LogP contribution in [0.15, 0.2) is 72.4 Å². The van der Waals surface area contributed by atoms with Crippen LogP contribution in [-0.2, 0) is 16.0 Å². The fraction of sp³-hybridized carbons (Fsp3) is 0.200. The summed E-state index contributed by atoms with van der Waals surface area (Å²) in [4.78, 5) is 31.5. The Labute approximate surface area is 224 Å². The zero-order valence-corrected chi connectivity index (χ0v) is 21.7. The number of aliphatic hydroxyl groups excluding tert-OH is 1. The largest absolute Gasteiger partial charge is 0.507 e. The molecule has 5 rings (SSSR count). The first-order chi connectivity index (χ1) is 18.9. The minimum absolute atomic E-state index is 0.112. The van der Waals surface area contributed by atoms with Crippen molar-refractivity contribution in [1.29, 1.82) is 0 Å². The molecule has 4 aromatic rings. The third-order valence-corrected chi connectivity index (χ3v) is 6.99. The monoisotopic (exact) mass is 530 g/mol. The first-order valence-corrected chi connectivity index (χ1v) is 12.3. The maximum Gasteiger partial charge on any atom is 0.295 e. The summed E-state index contributed by atoms with van der Waals surface area (Å²) in [7, 11) is 4.58. The van der Waals surface area contributed by atoms with Crippen LogP contribution in [0.5, 0.6) is 17.2 Å². The number of carbonyl (C=O) groups excluding carboxylic acids is 2. The smallest absolute Gasteiger partial charge is 0.295 e. The number of likely N-dealkylation sites (tertiary alicyclic amines) is 1. The summed E-state index contributed by atoms with van der Waals surface area (Å²) >= 11 is 0. The average molecular weight is 531 g/mol. The van der Waals surface area contributed by atoms with E-state index >= 15 is 0 Å². The van der Waals surface area contributed by atoms with Crippen LogP contribution in [0.2, 0.25) is 0 Å². The Bertz CT molecular complexity index is 1590. The number of amides is 1. The Morgan fingerprint density at radius 2 is 1.64 bits per heavy atom. The molecule has 1 saturated heterocycles. The number of methoxy groups -OCH3 is 3. The lowest BCUT2D eigenvalue weighted by molar-refractivity contribution is -0.139. The number of ketones is 1. The van der Waals surface area contributed by atoms with E-state index in [1.807, 2.05) is 24.4 Å². The number of nitrogens with zero attached hydrogens (tertiary/aromatic N) is 1. The Kier molecular flexibility index (Phi) is 6.98. The Hall–Kier alpha value is -4.79. The van der Waals surface area contributed by atoms with Crippen LogP contribution in [0.25, 0.3) is 16.7 Å². The Morgan fingerprint density at radius 3 is 2.33 bits per heavy atom. The number of fused-ring (bicyclic) bond motifs is 1. The van der Waals surface area contributed by atoms with E-state index in [0.717, 1.165) is 16.5 Å². The van der Waals surface area contributed by atoms with Crippen molar-refractivity contribution in [2.45, 2.75) is 12.5 Å². The maximum atomic E-state index is 13.6. The summed E-state index contributed by atoms with van der Waals surface area (Å²) in [5, 5.41) is 12.2. The molecule has 39 heavy (non-hydrogen) atoms. The summed E-state index contributed by atoms with van der Waals surface area (Å²) in [5.74, 6) is -0.894. The summed E-state index contributed by atoms with van der Waals surface area (Å²) < 4.78 is 29.9. The molecule has 3 aromatic carbocycles. The SMILES string of the molecule is COc1ccc(OC)c([C@@H]2C(=C(O)c3ccc(F)cc3)C(=O)C(=O)N2CCc2c[nH]c3ccc(OC)cc23)c1. The van der Waals surface area contributed by atoms with Crippen molar-refractivity contribution in [3.8, 4) is 17.2 Å². The van der Waals surface area contributed by atoms with Crippen LogP contribution in [-0.4, -0.2) is 54.6 Å². The summed E-state index contributed by atoms with van der Waals surface area (Å²) in [5.41, 5.74) is 2.42. The van der Waals surface area contributed by atoms with Gasteiger partial charge >= 0.3 is 0 Å². The summed E-state index contributed by atoms with van der Waals surface area (Å²) in [6.45, 7) is 0.167. The van der Waals surface area contributed by atoms with E-state index in [9.17, 15) is 19.1 Å². The molecule has 0 spiro atoms. The van der Waals surface area contributed by atoms with Gasteiger partial charge in [0.2, 0.25) is 0 Å². The lowest BCUT2D eigenvalue weighted by atomic mass is 9.94. The van der Waals surface area contributed by atoms with Gasteiger partial charge in [-0.1, -0.05) is 0 Å². The molecule has 1 amide bonds. The van der Waals surface area contributed by atoms with Crippen molar-refractivity contribution in [3.63, 3.8) is 0 Å². The molecule has 0 saturated carbocycles. The Balaban J connectivity index is 1.61. The van der Waals surface area contributed by atoms with Gasteiger partial charge < -0.3 is 29.2 Å². The zero-order valence-electron chi connectivity index (χ0n) is 21.7. The molecular formula is C30H27FN2O6. The number of carbonyl (C=O) groups is 2. The topological polar surface area (TPSA) is 101 Å². The normalized spacial score (nSPS) is 16.6. The number of hydrogen-bond donors (Lipinski definition) is 2. The number of hydrogen-bond acceptors (Lipinski definition) is 6. The van der Waals surface area contributed by atoms with Crippen LogP contribution < -0.4 is 14.2 Å². The van der Waals surface area contributed by atoms with E-state index < -0.39 is 29.3 Å². The number of H-pyrrole nitrogens is 1. The molecule has 0 radical (unpaired) electrons. The number of aromatic nitrogens is 1. The van der Waals surface area contributed by atoms with Gasteiger partial charge in [0.1, 0.15) is 28.8 Å². The number of aromatic amines is 1. The molecule has 1 aliphatic rings. The third kappa shape index (κ3) is 4.67. The molecule has 2 heterocycles. The fourth-order valence-electron chi connectivity index (χ4n) is 4.98. The predicted molar refractivity (Wildman–Crippen MR) is 144 cm³/mol. The van der Waals surface area contributed by atoms with E-state index in [1.54, 1.807) is 25.3 Å². The van der Waals surface area contributed by atoms with Gasteiger partial charge in [-0.05, 0) is 72.6 Å². The van der Waals surface area contributed by atoms with Crippen molar-refractivity contribution in [3.05, 3.63) is 94.9 Å². The first-order valence-electron chi connectivity index (χ1n) is 12.3. The molecule has 200 valence electrons. The van der Waals surface area contributed by atoms with Gasteiger partial charge in [-0.25, -0.2) is 4.39 Å². The molecule has 0 aliphatic carbocycles. The van der Waals surface area contributed by atoms with Crippen LogP contribution >= 0.6 is 0 Å². The molecule has 8 nitrogen and oxygen atoms in total.